The summed E-state index contributed by atoms with van der Waals surface area (Å²) in [5, 5.41) is 0. The van der Waals surface area contributed by atoms with Crippen LogP contribution in [0.4, 0.5) is 0 Å². The maximum atomic E-state index is 12.5. The zero-order valence-corrected chi connectivity index (χ0v) is 30.5. The second-order valence-electron chi connectivity index (χ2n) is 13.2. The molecule has 0 aromatic heterocycles. The van der Waals surface area contributed by atoms with Gasteiger partial charge in [-0.1, -0.05) is 0 Å². The number of unbranched alkanes of at least 4 members (excludes halogenated alkanes) is 2. The van der Waals surface area contributed by atoms with Gasteiger partial charge in [0.15, 0.2) is 0 Å². The van der Waals surface area contributed by atoms with Crippen LogP contribution < -0.4 is 0 Å². The molecule has 0 saturated heterocycles. The van der Waals surface area contributed by atoms with E-state index in [-0.39, 0.29) is 22.8 Å². The van der Waals surface area contributed by atoms with E-state index in [4.69, 9.17) is 9.47 Å². The van der Waals surface area contributed by atoms with Crippen LogP contribution in [-0.4, -0.2) is 52.3 Å². The molecule has 0 fully saturated rings. The van der Waals surface area contributed by atoms with E-state index < -0.39 is 15.6 Å². The van der Waals surface area contributed by atoms with Crippen LogP contribution >= 0.6 is 17.9 Å². The Hall–Kier alpha value is 0.439. The fraction of sp³-hybridized carbons (Fsp3) is 0.933. The van der Waals surface area contributed by atoms with Crippen molar-refractivity contribution in [2.45, 2.75) is 129 Å². The van der Waals surface area contributed by atoms with Gasteiger partial charge >= 0.3 is 241 Å². The van der Waals surface area contributed by atoms with Crippen LogP contribution in [0.3, 0.4) is 0 Å². The molecule has 7 heteroatoms. The first-order chi connectivity index (χ1) is 17.2. The van der Waals surface area contributed by atoms with Gasteiger partial charge in [-0.15, -0.1) is 0 Å². The van der Waals surface area contributed by atoms with E-state index in [1.807, 2.05) is 0 Å². The third kappa shape index (κ3) is 20.0. The molecule has 0 rings (SSSR count). The molecule has 220 valence electrons. The van der Waals surface area contributed by atoms with Crippen LogP contribution in [0.15, 0.2) is 0 Å². The fourth-order valence-corrected chi connectivity index (χ4v) is 35.4. The molecule has 0 N–H and O–H groups in total. The Bertz CT molecular complexity index is 581. The van der Waals surface area contributed by atoms with Crippen LogP contribution in [0.1, 0.15) is 121 Å². The van der Waals surface area contributed by atoms with Gasteiger partial charge in [-0.2, -0.15) is 0 Å². The molecule has 0 aliphatic heterocycles. The fourth-order valence-electron chi connectivity index (χ4n) is 5.01. The Morgan fingerprint density at radius 1 is 0.703 bits per heavy atom. The van der Waals surface area contributed by atoms with Gasteiger partial charge in [0.25, 0.3) is 0 Å². The number of esters is 2. The van der Waals surface area contributed by atoms with Gasteiger partial charge in [0.2, 0.25) is 0 Å². The molecule has 0 bridgehead atoms. The summed E-state index contributed by atoms with van der Waals surface area (Å²) in [6.45, 7) is 23.1. The molecular formula is C30H60O4S2Sn. The third-order valence-corrected chi connectivity index (χ3v) is 37.3. The van der Waals surface area contributed by atoms with Crippen LogP contribution in [-0.2, 0) is 19.1 Å². The molecule has 0 radical (unpaired) electrons. The summed E-state index contributed by atoms with van der Waals surface area (Å²) in [5.74, 6) is 2.77. The van der Waals surface area contributed by atoms with E-state index >= 15 is 0 Å². The van der Waals surface area contributed by atoms with E-state index in [2.05, 4.69) is 87.1 Å². The Morgan fingerprint density at radius 2 is 1.05 bits per heavy atom. The maximum absolute atomic E-state index is 12.5. The summed E-state index contributed by atoms with van der Waals surface area (Å²) in [6, 6.07) is 0. The van der Waals surface area contributed by atoms with Crippen molar-refractivity contribution in [3.63, 3.8) is 0 Å². The van der Waals surface area contributed by atoms with Gasteiger partial charge in [0.1, 0.15) is 0 Å². The Labute approximate surface area is 240 Å². The number of carbonyl (C=O) groups excluding carboxylic acids is 2. The van der Waals surface area contributed by atoms with Crippen molar-refractivity contribution >= 4 is 45.4 Å². The van der Waals surface area contributed by atoms with Gasteiger partial charge in [-0.3, -0.25) is 0 Å². The Kier molecular flexibility index (Phi) is 19.7. The number of hydrogen-bond acceptors (Lipinski definition) is 6. The van der Waals surface area contributed by atoms with Crippen molar-refractivity contribution in [1.82, 2.24) is 0 Å². The molecule has 4 nitrogen and oxygen atoms in total. The summed E-state index contributed by atoms with van der Waals surface area (Å²) in [4.78, 5) is 25.1. The number of ether oxygens (including phenoxy) is 2. The van der Waals surface area contributed by atoms with Crippen molar-refractivity contribution < 1.29 is 19.1 Å². The molecule has 0 aromatic carbocycles. The molecule has 0 unspecified atom stereocenters. The SMILES string of the molecule is CCC[CH2][Sn]([CH2]CCC)([S]CCC(=O)OCC(C)(C)CC(C)C)[S]CCC(=O)OCC(C)(C)CC(C)C. The van der Waals surface area contributed by atoms with Gasteiger partial charge in [0, 0.05) is 0 Å². The summed E-state index contributed by atoms with van der Waals surface area (Å²) in [7, 11) is 4.23. The molecule has 0 amide bonds. The molecule has 0 aliphatic carbocycles. The first-order valence-electron chi connectivity index (χ1n) is 14.7. The van der Waals surface area contributed by atoms with Gasteiger partial charge in [0.05, 0.1) is 0 Å². The summed E-state index contributed by atoms with van der Waals surface area (Å²) >= 11 is -2.62. The average molecular weight is 668 g/mol. The number of hydrogen-bond donors (Lipinski definition) is 0. The third-order valence-electron chi connectivity index (χ3n) is 6.33. The van der Waals surface area contributed by atoms with Crippen molar-refractivity contribution in [3.05, 3.63) is 0 Å². The molecular weight excluding hydrogens is 607 g/mol. The Balaban J connectivity index is 4.89. The zero-order valence-electron chi connectivity index (χ0n) is 26.0. The van der Waals surface area contributed by atoms with Gasteiger partial charge < -0.3 is 0 Å². The van der Waals surface area contributed by atoms with Crippen molar-refractivity contribution in [2.24, 2.45) is 22.7 Å². The van der Waals surface area contributed by atoms with Gasteiger partial charge in [-0.05, 0) is 0 Å². The standard InChI is InChI=1S/2C11H22O2S.2C4H9.Sn/c2*1-9(2)7-11(3,4)8-13-10(12)5-6-14;2*1-3-4-2;/h2*9,14H,5-8H2,1-4H3;2*1,3-4H2,2H3;/q;;;;+2/p-2. The van der Waals surface area contributed by atoms with Crippen LogP contribution in [0.5, 0.6) is 0 Å². The minimum atomic E-state index is -2.62. The number of carbonyl (C=O) groups is 2. The summed E-state index contributed by atoms with van der Waals surface area (Å²) < 4.78 is 14.0. The molecule has 0 saturated carbocycles. The minimum absolute atomic E-state index is 0.0245. The van der Waals surface area contributed by atoms with Crippen LogP contribution in [0, 0.1) is 22.7 Å². The zero-order chi connectivity index (χ0) is 28.5. The summed E-state index contributed by atoms with van der Waals surface area (Å²) in [5.41, 5.74) is 0.0490. The van der Waals surface area contributed by atoms with E-state index in [1.54, 1.807) is 0 Å². The second-order valence-corrected chi connectivity index (χ2v) is 39.8. The van der Waals surface area contributed by atoms with Crippen LogP contribution in [0.25, 0.3) is 0 Å². The quantitative estimate of drug-likeness (QED) is 0.0847. The second kappa shape index (κ2) is 19.5. The molecule has 0 aromatic rings. The van der Waals surface area contributed by atoms with E-state index in [1.165, 1.54) is 34.6 Å². The van der Waals surface area contributed by atoms with E-state index in [0.29, 0.717) is 37.9 Å². The van der Waals surface area contributed by atoms with Gasteiger partial charge in [-0.25, -0.2) is 0 Å². The predicted molar refractivity (Wildman–Crippen MR) is 168 cm³/mol. The Morgan fingerprint density at radius 3 is 1.35 bits per heavy atom. The topological polar surface area (TPSA) is 52.6 Å². The molecule has 0 spiro atoms. The van der Waals surface area contributed by atoms with Crippen molar-refractivity contribution in [2.75, 3.05) is 24.7 Å². The summed E-state index contributed by atoms with van der Waals surface area (Å²) in [6.07, 6.45) is 7.99. The first kappa shape index (κ1) is 37.4. The first-order valence-corrected chi connectivity index (χ1v) is 27.7. The normalized spacial score (nSPS) is 12.9. The number of rotatable bonds is 22. The molecule has 0 atom stereocenters. The monoisotopic (exact) mass is 668 g/mol. The van der Waals surface area contributed by atoms with E-state index in [9.17, 15) is 9.59 Å². The molecule has 37 heavy (non-hydrogen) atoms. The molecule has 0 heterocycles. The predicted octanol–water partition coefficient (Wildman–Crippen LogP) is 9.51. The van der Waals surface area contributed by atoms with Crippen molar-refractivity contribution in [3.8, 4) is 0 Å². The average Bonchev–Trinajstić information content (AvgIpc) is 2.77. The van der Waals surface area contributed by atoms with Crippen LogP contribution in [0.2, 0.25) is 8.87 Å². The molecule has 0 aliphatic rings. The van der Waals surface area contributed by atoms with E-state index in [0.717, 1.165) is 24.3 Å². The van der Waals surface area contributed by atoms with Crippen molar-refractivity contribution in [1.29, 1.82) is 0 Å².